The van der Waals surface area contributed by atoms with Crippen LogP contribution in [0, 0.1) is 0 Å². The van der Waals surface area contributed by atoms with Crippen LogP contribution < -0.4 is 5.32 Å². The van der Waals surface area contributed by atoms with Crippen LogP contribution in [0.1, 0.15) is 0 Å². The molecule has 0 aliphatic carbocycles. The third-order valence-electron chi connectivity index (χ3n) is 0.526. The molecule has 0 rings (SSSR count). The number of nitrogens with one attached hydrogen (secondary N) is 1. The van der Waals surface area contributed by atoms with Gasteiger partial charge in [0, 0.05) is 0 Å². The van der Waals surface area contributed by atoms with Crippen LogP contribution in [0.3, 0.4) is 0 Å². The average Bonchev–Trinajstić information content (AvgIpc) is 1.83. The summed E-state index contributed by atoms with van der Waals surface area (Å²) in [6.45, 7) is -0.590. The van der Waals surface area contributed by atoms with Crippen molar-refractivity contribution in [3.8, 4) is 0 Å². The van der Waals surface area contributed by atoms with Crippen molar-refractivity contribution in [3.63, 3.8) is 0 Å². The van der Waals surface area contributed by atoms with Crippen LogP contribution in [-0.2, 0) is 9.59 Å². The molecule has 0 atom stereocenters. The molecule has 0 aromatic rings. The first-order valence-corrected chi connectivity index (χ1v) is 2.12. The van der Waals surface area contributed by atoms with Crippen molar-refractivity contribution in [2.75, 3.05) is 13.2 Å². The molecule has 0 spiro atoms. The van der Waals surface area contributed by atoms with E-state index in [0.29, 0.717) is 6.29 Å². The Morgan fingerprint density at radius 1 is 1.75 bits per heavy atom. The summed E-state index contributed by atoms with van der Waals surface area (Å²) < 4.78 is 0. The molecule has 0 saturated heterocycles. The highest BCUT2D eigenvalue weighted by Crippen LogP contribution is 1.56. The Morgan fingerprint density at radius 3 is 2.75 bits per heavy atom. The zero-order valence-electron chi connectivity index (χ0n) is 4.26. The van der Waals surface area contributed by atoms with Gasteiger partial charge in [0.15, 0.2) is 0 Å². The van der Waals surface area contributed by atoms with Crippen molar-refractivity contribution in [1.82, 2.24) is 5.32 Å². The molecule has 46 valence electrons. The minimum Gasteiger partial charge on any atom is -0.387 e. The smallest absolute Gasteiger partial charge is 0.246 e. The van der Waals surface area contributed by atoms with Crippen molar-refractivity contribution >= 4 is 12.2 Å². The van der Waals surface area contributed by atoms with Gasteiger partial charge in [0.1, 0.15) is 12.9 Å². The Kier molecular flexibility index (Phi) is 3.78. The monoisotopic (exact) mass is 117 g/mol. The SMILES string of the molecule is O=CCNC(=O)CO. The van der Waals surface area contributed by atoms with Gasteiger partial charge in [-0.15, -0.1) is 0 Å². The van der Waals surface area contributed by atoms with E-state index in [2.05, 4.69) is 5.32 Å². The van der Waals surface area contributed by atoms with Crippen molar-refractivity contribution in [2.24, 2.45) is 0 Å². The molecule has 0 fully saturated rings. The van der Waals surface area contributed by atoms with E-state index < -0.39 is 12.5 Å². The Labute approximate surface area is 46.5 Å². The summed E-state index contributed by atoms with van der Waals surface area (Å²) in [5.41, 5.74) is 0. The van der Waals surface area contributed by atoms with Crippen LogP contribution in [0.25, 0.3) is 0 Å². The number of rotatable bonds is 3. The first-order valence-electron chi connectivity index (χ1n) is 2.12. The third kappa shape index (κ3) is 3.30. The molecule has 0 bridgehead atoms. The first kappa shape index (κ1) is 7.10. The van der Waals surface area contributed by atoms with E-state index in [1.165, 1.54) is 0 Å². The second kappa shape index (κ2) is 4.26. The maximum absolute atomic E-state index is 10.1. The van der Waals surface area contributed by atoms with Crippen molar-refractivity contribution in [1.29, 1.82) is 0 Å². The molecule has 0 unspecified atom stereocenters. The van der Waals surface area contributed by atoms with Crippen molar-refractivity contribution in [3.05, 3.63) is 0 Å². The number of carbonyl (C=O) groups is 2. The van der Waals surface area contributed by atoms with E-state index in [0.717, 1.165) is 0 Å². The zero-order valence-corrected chi connectivity index (χ0v) is 4.26. The lowest BCUT2D eigenvalue weighted by molar-refractivity contribution is -0.124. The molecule has 4 heteroatoms. The lowest BCUT2D eigenvalue weighted by atomic mass is 10.6. The molecule has 0 aromatic carbocycles. The Bertz CT molecular complexity index is 91.3. The molecule has 0 saturated carbocycles. The van der Waals surface area contributed by atoms with Gasteiger partial charge in [0.2, 0.25) is 5.91 Å². The molecule has 2 N–H and O–H groups in total. The molecule has 0 aliphatic rings. The fraction of sp³-hybridized carbons (Fsp3) is 0.500. The number of amides is 1. The summed E-state index contributed by atoms with van der Waals surface area (Å²) in [7, 11) is 0. The molecule has 1 amide bonds. The molecule has 0 aliphatic heterocycles. The highest BCUT2D eigenvalue weighted by Gasteiger charge is 1.92. The minimum absolute atomic E-state index is 0.0284. The standard InChI is InChI=1S/C4H7NO3/c6-2-1-5-4(8)3-7/h2,7H,1,3H2,(H,5,8). The Balaban J connectivity index is 3.11. The summed E-state index contributed by atoms with van der Waals surface area (Å²) in [5.74, 6) is -0.530. The van der Waals surface area contributed by atoms with Crippen LogP contribution in [0.15, 0.2) is 0 Å². The van der Waals surface area contributed by atoms with E-state index in [4.69, 9.17) is 5.11 Å². The van der Waals surface area contributed by atoms with E-state index in [1.807, 2.05) is 0 Å². The number of hydrogen-bond donors (Lipinski definition) is 2. The Morgan fingerprint density at radius 2 is 2.38 bits per heavy atom. The number of carbonyl (C=O) groups excluding carboxylic acids is 2. The average molecular weight is 117 g/mol. The van der Waals surface area contributed by atoms with Gasteiger partial charge in [-0.25, -0.2) is 0 Å². The number of aldehydes is 1. The Hall–Kier alpha value is -0.900. The van der Waals surface area contributed by atoms with E-state index >= 15 is 0 Å². The molecule has 8 heavy (non-hydrogen) atoms. The highest BCUT2D eigenvalue weighted by molar-refractivity contribution is 5.78. The van der Waals surface area contributed by atoms with Gasteiger partial charge < -0.3 is 15.2 Å². The molecule has 0 radical (unpaired) electrons. The van der Waals surface area contributed by atoms with Crippen LogP contribution in [-0.4, -0.2) is 30.5 Å². The van der Waals surface area contributed by atoms with Gasteiger partial charge in [0.25, 0.3) is 0 Å². The van der Waals surface area contributed by atoms with Crippen molar-refractivity contribution in [2.45, 2.75) is 0 Å². The maximum Gasteiger partial charge on any atom is 0.246 e. The summed E-state index contributed by atoms with van der Waals surface area (Å²) >= 11 is 0. The molecular formula is C4H7NO3. The maximum atomic E-state index is 10.1. The minimum atomic E-state index is -0.562. The predicted molar refractivity (Wildman–Crippen MR) is 26.2 cm³/mol. The van der Waals surface area contributed by atoms with Crippen LogP contribution in [0.2, 0.25) is 0 Å². The predicted octanol–water partition coefficient (Wildman–Crippen LogP) is -1.71. The lowest BCUT2D eigenvalue weighted by Crippen LogP contribution is -2.27. The third-order valence-corrected chi connectivity index (χ3v) is 0.526. The quantitative estimate of drug-likeness (QED) is 0.433. The summed E-state index contributed by atoms with van der Waals surface area (Å²) in [6.07, 6.45) is 0.549. The molecule has 0 aromatic heterocycles. The van der Waals surface area contributed by atoms with Crippen LogP contribution >= 0.6 is 0 Å². The number of aliphatic hydroxyl groups excluding tert-OH is 1. The second-order valence-corrected chi connectivity index (χ2v) is 1.13. The highest BCUT2D eigenvalue weighted by atomic mass is 16.3. The summed E-state index contributed by atoms with van der Waals surface area (Å²) in [4.78, 5) is 19.6. The summed E-state index contributed by atoms with van der Waals surface area (Å²) in [5, 5.41) is 10.2. The molecular weight excluding hydrogens is 110 g/mol. The second-order valence-electron chi connectivity index (χ2n) is 1.13. The fourth-order valence-electron chi connectivity index (χ4n) is 0.211. The van der Waals surface area contributed by atoms with E-state index in [9.17, 15) is 9.59 Å². The zero-order chi connectivity index (χ0) is 6.41. The summed E-state index contributed by atoms with van der Waals surface area (Å²) in [6, 6.07) is 0. The van der Waals surface area contributed by atoms with Gasteiger partial charge in [-0.1, -0.05) is 0 Å². The number of aliphatic hydroxyl groups is 1. The van der Waals surface area contributed by atoms with Crippen LogP contribution in [0.4, 0.5) is 0 Å². The van der Waals surface area contributed by atoms with Gasteiger partial charge in [-0.3, -0.25) is 4.79 Å². The first-order chi connectivity index (χ1) is 3.81. The van der Waals surface area contributed by atoms with Crippen molar-refractivity contribution < 1.29 is 14.7 Å². The van der Waals surface area contributed by atoms with Gasteiger partial charge in [-0.05, 0) is 0 Å². The largest absolute Gasteiger partial charge is 0.387 e. The van der Waals surface area contributed by atoms with Crippen LogP contribution in [0.5, 0.6) is 0 Å². The molecule has 0 heterocycles. The molecule has 4 nitrogen and oxygen atoms in total. The fourth-order valence-corrected chi connectivity index (χ4v) is 0.211. The van der Waals surface area contributed by atoms with Gasteiger partial charge in [-0.2, -0.15) is 0 Å². The van der Waals surface area contributed by atoms with E-state index in [-0.39, 0.29) is 6.54 Å². The topological polar surface area (TPSA) is 66.4 Å². The number of hydrogen-bond acceptors (Lipinski definition) is 3. The lowest BCUT2D eigenvalue weighted by Gasteiger charge is -1.92. The van der Waals surface area contributed by atoms with E-state index in [1.54, 1.807) is 0 Å². The van der Waals surface area contributed by atoms with Gasteiger partial charge >= 0.3 is 0 Å². The van der Waals surface area contributed by atoms with Gasteiger partial charge in [0.05, 0.1) is 6.54 Å². The normalized spacial score (nSPS) is 8.12.